The third kappa shape index (κ3) is 2.02. The molecule has 3 heteroatoms. The highest BCUT2D eigenvalue weighted by molar-refractivity contribution is 6.02. The quantitative estimate of drug-likeness (QED) is 0.565. The number of nitrogen functional groups attached to an aromatic ring is 1. The maximum Gasteiger partial charge on any atom is 0.169 e. The Bertz CT molecular complexity index is 381. The number of ketones is 1. The third-order valence-electron chi connectivity index (χ3n) is 2.91. The maximum absolute atomic E-state index is 12.1. The second kappa shape index (κ2) is 4.03. The van der Waals surface area contributed by atoms with E-state index in [0.717, 1.165) is 25.1 Å². The van der Waals surface area contributed by atoms with Gasteiger partial charge in [-0.15, -0.1) is 0 Å². The number of aryl methyl sites for hydroxylation is 1. The first-order valence-electron chi connectivity index (χ1n) is 5.29. The second-order valence-electron chi connectivity index (χ2n) is 4.14. The molecule has 0 bridgehead atoms. The zero-order valence-corrected chi connectivity index (χ0v) is 8.92. The van der Waals surface area contributed by atoms with Crippen molar-refractivity contribution in [2.45, 2.75) is 13.3 Å². The Morgan fingerprint density at radius 3 is 3.00 bits per heavy atom. The first-order chi connectivity index (χ1) is 7.18. The van der Waals surface area contributed by atoms with Crippen molar-refractivity contribution < 1.29 is 4.79 Å². The van der Waals surface area contributed by atoms with Crippen molar-refractivity contribution in [1.29, 1.82) is 0 Å². The minimum Gasteiger partial charge on any atom is -0.398 e. The fourth-order valence-corrected chi connectivity index (χ4v) is 1.98. The number of carbonyl (C=O) groups excluding carboxylic acids is 1. The molecule has 1 heterocycles. The van der Waals surface area contributed by atoms with E-state index in [0.29, 0.717) is 11.3 Å². The summed E-state index contributed by atoms with van der Waals surface area (Å²) >= 11 is 0. The molecular formula is C12H16N2O. The summed E-state index contributed by atoms with van der Waals surface area (Å²) < 4.78 is 0. The van der Waals surface area contributed by atoms with Gasteiger partial charge in [-0.2, -0.15) is 0 Å². The van der Waals surface area contributed by atoms with Gasteiger partial charge in [0.2, 0.25) is 0 Å². The molecule has 1 saturated heterocycles. The zero-order valence-electron chi connectivity index (χ0n) is 8.92. The number of rotatable bonds is 2. The standard InChI is InChI=1S/C12H16N2O/c1-8-2-3-11(13)10(6-8)12(15)9-4-5-14-7-9/h2-3,6,9,14H,4-5,7,13H2,1H3. The monoisotopic (exact) mass is 204 g/mol. The molecule has 0 saturated carbocycles. The van der Waals surface area contributed by atoms with Gasteiger partial charge in [-0.05, 0) is 32.0 Å². The summed E-state index contributed by atoms with van der Waals surface area (Å²) in [5.41, 5.74) is 8.18. The molecule has 80 valence electrons. The Morgan fingerprint density at radius 1 is 1.53 bits per heavy atom. The van der Waals surface area contributed by atoms with Crippen LogP contribution in [0.5, 0.6) is 0 Å². The molecule has 15 heavy (non-hydrogen) atoms. The second-order valence-corrected chi connectivity index (χ2v) is 4.14. The Hall–Kier alpha value is -1.35. The molecule has 0 aromatic heterocycles. The molecule has 1 unspecified atom stereocenters. The van der Waals surface area contributed by atoms with E-state index in [9.17, 15) is 4.79 Å². The van der Waals surface area contributed by atoms with E-state index < -0.39 is 0 Å². The first kappa shape index (κ1) is 10.2. The van der Waals surface area contributed by atoms with Crippen LogP contribution in [0.15, 0.2) is 18.2 Å². The van der Waals surface area contributed by atoms with Gasteiger partial charge in [-0.25, -0.2) is 0 Å². The Kier molecular flexibility index (Phi) is 2.73. The van der Waals surface area contributed by atoms with Crippen LogP contribution in [0.25, 0.3) is 0 Å². The van der Waals surface area contributed by atoms with Crippen LogP contribution in [-0.4, -0.2) is 18.9 Å². The summed E-state index contributed by atoms with van der Waals surface area (Å²) in [6.45, 7) is 3.69. The number of nitrogens with one attached hydrogen (secondary N) is 1. The SMILES string of the molecule is Cc1ccc(N)c(C(=O)C2CCNC2)c1. The molecule has 0 amide bonds. The number of Topliss-reactive ketones (excluding diaryl/α,β-unsaturated/α-hetero) is 1. The van der Waals surface area contributed by atoms with Crippen LogP contribution in [0, 0.1) is 12.8 Å². The molecule has 1 atom stereocenters. The van der Waals surface area contributed by atoms with Gasteiger partial charge < -0.3 is 11.1 Å². The molecule has 0 spiro atoms. The highest BCUT2D eigenvalue weighted by atomic mass is 16.1. The summed E-state index contributed by atoms with van der Waals surface area (Å²) in [5, 5.41) is 3.20. The van der Waals surface area contributed by atoms with Crippen molar-refractivity contribution in [3.05, 3.63) is 29.3 Å². The summed E-state index contributed by atoms with van der Waals surface area (Å²) in [7, 11) is 0. The molecule has 0 aliphatic carbocycles. The van der Waals surface area contributed by atoms with Crippen molar-refractivity contribution in [2.75, 3.05) is 18.8 Å². The fraction of sp³-hybridized carbons (Fsp3) is 0.417. The topological polar surface area (TPSA) is 55.1 Å². The van der Waals surface area contributed by atoms with E-state index in [1.807, 2.05) is 25.1 Å². The van der Waals surface area contributed by atoms with E-state index in [4.69, 9.17) is 5.73 Å². The van der Waals surface area contributed by atoms with Crippen LogP contribution in [0.4, 0.5) is 5.69 Å². The van der Waals surface area contributed by atoms with Crippen LogP contribution in [0.2, 0.25) is 0 Å². The van der Waals surface area contributed by atoms with Gasteiger partial charge in [0, 0.05) is 23.7 Å². The van der Waals surface area contributed by atoms with Gasteiger partial charge in [0.1, 0.15) is 0 Å². The number of anilines is 1. The van der Waals surface area contributed by atoms with E-state index in [1.165, 1.54) is 0 Å². The Morgan fingerprint density at radius 2 is 2.33 bits per heavy atom. The highest BCUT2D eigenvalue weighted by Crippen LogP contribution is 2.21. The van der Waals surface area contributed by atoms with Crippen LogP contribution in [0.3, 0.4) is 0 Å². The minimum absolute atomic E-state index is 0.106. The molecular weight excluding hydrogens is 188 g/mol. The number of hydrogen-bond donors (Lipinski definition) is 2. The van der Waals surface area contributed by atoms with Gasteiger partial charge in [0.25, 0.3) is 0 Å². The maximum atomic E-state index is 12.1. The molecule has 1 aliphatic heterocycles. The minimum atomic E-state index is 0.106. The van der Waals surface area contributed by atoms with Crippen LogP contribution < -0.4 is 11.1 Å². The van der Waals surface area contributed by atoms with E-state index in [-0.39, 0.29) is 11.7 Å². The summed E-state index contributed by atoms with van der Waals surface area (Å²) in [6.07, 6.45) is 0.923. The van der Waals surface area contributed by atoms with Crippen molar-refractivity contribution in [3.8, 4) is 0 Å². The van der Waals surface area contributed by atoms with Gasteiger partial charge in [0.05, 0.1) is 0 Å². The van der Waals surface area contributed by atoms with Crippen molar-refractivity contribution in [3.63, 3.8) is 0 Å². The highest BCUT2D eigenvalue weighted by Gasteiger charge is 2.24. The smallest absolute Gasteiger partial charge is 0.169 e. The summed E-state index contributed by atoms with van der Waals surface area (Å²) in [4.78, 5) is 12.1. The van der Waals surface area contributed by atoms with Crippen LogP contribution >= 0.6 is 0 Å². The zero-order chi connectivity index (χ0) is 10.8. The van der Waals surface area contributed by atoms with Crippen LogP contribution in [-0.2, 0) is 0 Å². The lowest BCUT2D eigenvalue weighted by Crippen LogP contribution is -2.19. The lowest BCUT2D eigenvalue weighted by atomic mass is 9.95. The van der Waals surface area contributed by atoms with Crippen molar-refractivity contribution >= 4 is 11.5 Å². The fourth-order valence-electron chi connectivity index (χ4n) is 1.98. The molecule has 1 aromatic rings. The van der Waals surface area contributed by atoms with Crippen molar-refractivity contribution in [2.24, 2.45) is 5.92 Å². The normalized spacial score (nSPS) is 20.5. The van der Waals surface area contributed by atoms with Gasteiger partial charge in [-0.3, -0.25) is 4.79 Å². The lowest BCUT2D eigenvalue weighted by Gasteiger charge is -2.10. The van der Waals surface area contributed by atoms with Gasteiger partial charge in [0.15, 0.2) is 5.78 Å². The molecule has 1 aromatic carbocycles. The van der Waals surface area contributed by atoms with E-state index in [2.05, 4.69) is 5.32 Å². The summed E-state index contributed by atoms with van der Waals surface area (Å²) in [5.74, 6) is 0.287. The lowest BCUT2D eigenvalue weighted by molar-refractivity contribution is 0.0931. The Balaban J connectivity index is 2.27. The molecule has 3 nitrogen and oxygen atoms in total. The predicted molar refractivity (Wildman–Crippen MR) is 60.9 cm³/mol. The number of hydrogen-bond acceptors (Lipinski definition) is 3. The van der Waals surface area contributed by atoms with Crippen molar-refractivity contribution in [1.82, 2.24) is 5.32 Å². The Labute approximate surface area is 89.7 Å². The molecule has 0 radical (unpaired) electrons. The molecule has 1 aliphatic rings. The van der Waals surface area contributed by atoms with Gasteiger partial charge >= 0.3 is 0 Å². The average molecular weight is 204 g/mol. The number of nitrogens with two attached hydrogens (primary N) is 1. The molecule has 3 N–H and O–H groups in total. The van der Waals surface area contributed by atoms with Gasteiger partial charge in [-0.1, -0.05) is 11.6 Å². The van der Waals surface area contributed by atoms with E-state index >= 15 is 0 Å². The predicted octanol–water partition coefficient (Wildman–Crippen LogP) is 1.37. The number of benzene rings is 1. The third-order valence-corrected chi connectivity index (χ3v) is 2.91. The summed E-state index contributed by atoms with van der Waals surface area (Å²) in [6, 6.07) is 5.62. The van der Waals surface area contributed by atoms with Crippen LogP contribution in [0.1, 0.15) is 22.3 Å². The van der Waals surface area contributed by atoms with E-state index in [1.54, 1.807) is 0 Å². The molecule has 2 rings (SSSR count). The number of carbonyl (C=O) groups is 1. The average Bonchev–Trinajstić information content (AvgIpc) is 2.74. The molecule has 1 fully saturated rings. The largest absolute Gasteiger partial charge is 0.398 e. The first-order valence-corrected chi connectivity index (χ1v) is 5.29.